The first-order valence-electron chi connectivity index (χ1n) is 6.22. The molecule has 1 aliphatic rings. The molecule has 98 valence electrons. The molecule has 0 fully saturated rings. The van der Waals surface area contributed by atoms with Crippen molar-refractivity contribution < 1.29 is 4.79 Å². The van der Waals surface area contributed by atoms with E-state index in [1.165, 1.54) is 10.4 Å². The number of aryl methyl sites for hydroxylation is 1. The minimum absolute atomic E-state index is 0.0167. The van der Waals surface area contributed by atoms with Gasteiger partial charge in [0.1, 0.15) is 0 Å². The van der Waals surface area contributed by atoms with E-state index in [4.69, 9.17) is 11.6 Å². The standard InChI is InChI=1S/C15H12BrClOS/c16-12-8-9(4-5-13(12)17)15(18)11-2-1-3-14-10(11)6-7-19-14/h4-8,11H,1-3H2. The lowest BCUT2D eigenvalue weighted by molar-refractivity contribution is 0.0951. The Morgan fingerprint density at radius 3 is 3.00 bits per heavy atom. The smallest absolute Gasteiger partial charge is 0.170 e. The summed E-state index contributed by atoms with van der Waals surface area (Å²) < 4.78 is 0.779. The first-order valence-corrected chi connectivity index (χ1v) is 8.27. The minimum atomic E-state index is 0.0167. The number of ketones is 1. The Morgan fingerprint density at radius 2 is 2.21 bits per heavy atom. The molecule has 0 saturated heterocycles. The average molecular weight is 356 g/mol. The van der Waals surface area contributed by atoms with Gasteiger partial charge in [-0.15, -0.1) is 11.3 Å². The van der Waals surface area contributed by atoms with Crippen LogP contribution in [0.5, 0.6) is 0 Å². The summed E-state index contributed by atoms with van der Waals surface area (Å²) in [4.78, 5) is 14.0. The number of fused-ring (bicyclic) bond motifs is 1. The Bertz CT molecular complexity index is 635. The van der Waals surface area contributed by atoms with Crippen LogP contribution in [0.15, 0.2) is 34.1 Å². The van der Waals surface area contributed by atoms with Gasteiger partial charge in [-0.3, -0.25) is 4.79 Å². The van der Waals surface area contributed by atoms with E-state index >= 15 is 0 Å². The van der Waals surface area contributed by atoms with Gasteiger partial charge in [0.25, 0.3) is 0 Å². The number of rotatable bonds is 2. The molecule has 1 atom stereocenters. The summed E-state index contributed by atoms with van der Waals surface area (Å²) in [6.45, 7) is 0. The van der Waals surface area contributed by atoms with E-state index in [9.17, 15) is 4.79 Å². The van der Waals surface area contributed by atoms with Gasteiger partial charge in [-0.2, -0.15) is 0 Å². The normalized spacial score (nSPS) is 18.1. The maximum absolute atomic E-state index is 12.7. The molecule has 4 heteroatoms. The molecular formula is C15H12BrClOS. The molecule has 0 aliphatic heterocycles. The van der Waals surface area contributed by atoms with Crippen LogP contribution in [-0.2, 0) is 6.42 Å². The van der Waals surface area contributed by atoms with Crippen molar-refractivity contribution >= 4 is 44.7 Å². The van der Waals surface area contributed by atoms with Crippen molar-refractivity contribution in [1.29, 1.82) is 0 Å². The summed E-state index contributed by atoms with van der Waals surface area (Å²) in [6.07, 6.45) is 3.16. The summed E-state index contributed by atoms with van der Waals surface area (Å²) in [5.74, 6) is 0.222. The molecule has 0 bridgehead atoms. The molecule has 0 spiro atoms. The van der Waals surface area contributed by atoms with Crippen LogP contribution < -0.4 is 0 Å². The molecule has 1 nitrogen and oxygen atoms in total. The summed E-state index contributed by atoms with van der Waals surface area (Å²) in [7, 11) is 0. The lowest BCUT2D eigenvalue weighted by Gasteiger charge is -2.21. The van der Waals surface area contributed by atoms with E-state index in [0.29, 0.717) is 5.02 Å². The second-order valence-electron chi connectivity index (χ2n) is 4.74. The highest BCUT2D eigenvalue weighted by molar-refractivity contribution is 9.10. The van der Waals surface area contributed by atoms with Gasteiger partial charge in [0.15, 0.2) is 5.78 Å². The number of halogens is 2. The van der Waals surface area contributed by atoms with E-state index < -0.39 is 0 Å². The predicted octanol–water partition coefficient (Wildman–Crippen LogP) is 5.47. The van der Waals surface area contributed by atoms with Gasteiger partial charge in [0.2, 0.25) is 0 Å². The number of thiophene rings is 1. The quantitative estimate of drug-likeness (QED) is 0.653. The van der Waals surface area contributed by atoms with Crippen LogP contribution in [0.1, 0.15) is 39.6 Å². The SMILES string of the molecule is O=C(c1ccc(Cl)c(Br)c1)C1CCCc2sccc21. The summed E-state index contributed by atoms with van der Waals surface area (Å²) in [5, 5.41) is 2.73. The Hall–Kier alpha value is -0.640. The molecule has 2 aromatic rings. The molecule has 3 rings (SSSR count). The molecule has 0 radical (unpaired) electrons. The Balaban J connectivity index is 1.95. The number of carbonyl (C=O) groups is 1. The number of hydrogen-bond donors (Lipinski definition) is 0. The van der Waals surface area contributed by atoms with Crippen molar-refractivity contribution in [2.45, 2.75) is 25.2 Å². The topological polar surface area (TPSA) is 17.1 Å². The van der Waals surface area contributed by atoms with Gasteiger partial charge < -0.3 is 0 Å². The van der Waals surface area contributed by atoms with Crippen molar-refractivity contribution in [3.05, 3.63) is 55.1 Å². The molecule has 1 aromatic carbocycles. The van der Waals surface area contributed by atoms with Crippen molar-refractivity contribution in [1.82, 2.24) is 0 Å². The Kier molecular flexibility index (Phi) is 3.79. The highest BCUT2D eigenvalue weighted by Crippen LogP contribution is 2.37. The molecule has 0 N–H and O–H groups in total. The molecule has 19 heavy (non-hydrogen) atoms. The second-order valence-corrected chi connectivity index (χ2v) is 7.00. The van der Waals surface area contributed by atoms with Crippen LogP contribution in [-0.4, -0.2) is 5.78 Å². The van der Waals surface area contributed by atoms with Gasteiger partial charge >= 0.3 is 0 Å². The van der Waals surface area contributed by atoms with Gasteiger partial charge in [-0.1, -0.05) is 11.6 Å². The lowest BCUT2D eigenvalue weighted by atomic mass is 9.82. The first-order chi connectivity index (χ1) is 9.16. The van der Waals surface area contributed by atoms with Gasteiger partial charge in [0, 0.05) is 20.8 Å². The van der Waals surface area contributed by atoms with Crippen molar-refractivity contribution in [3.8, 4) is 0 Å². The van der Waals surface area contributed by atoms with Crippen LogP contribution in [0.3, 0.4) is 0 Å². The number of benzene rings is 1. The zero-order valence-corrected chi connectivity index (χ0v) is 13.3. The van der Waals surface area contributed by atoms with Crippen molar-refractivity contribution in [2.75, 3.05) is 0 Å². The number of Topliss-reactive ketones (excluding diaryl/α,β-unsaturated/α-hetero) is 1. The fourth-order valence-corrected chi connectivity index (χ4v) is 4.09. The highest BCUT2D eigenvalue weighted by atomic mass is 79.9. The zero-order valence-electron chi connectivity index (χ0n) is 10.2. The van der Waals surface area contributed by atoms with Crippen molar-refractivity contribution in [3.63, 3.8) is 0 Å². The van der Waals surface area contributed by atoms with Crippen molar-refractivity contribution in [2.24, 2.45) is 0 Å². The van der Waals surface area contributed by atoms with Gasteiger partial charge in [-0.25, -0.2) is 0 Å². The average Bonchev–Trinajstić information content (AvgIpc) is 2.89. The molecule has 1 aliphatic carbocycles. The molecule has 1 unspecified atom stereocenters. The van der Waals surface area contributed by atoms with E-state index in [1.807, 2.05) is 12.1 Å². The van der Waals surface area contributed by atoms with Crippen LogP contribution in [0.2, 0.25) is 5.02 Å². The Morgan fingerprint density at radius 1 is 1.37 bits per heavy atom. The molecule has 1 heterocycles. The number of hydrogen-bond acceptors (Lipinski definition) is 2. The monoisotopic (exact) mass is 354 g/mol. The Labute approximate surface area is 129 Å². The highest BCUT2D eigenvalue weighted by Gasteiger charge is 2.28. The first kappa shape index (κ1) is 13.3. The molecule has 0 saturated carbocycles. The second kappa shape index (κ2) is 5.39. The largest absolute Gasteiger partial charge is 0.293 e. The number of carbonyl (C=O) groups excluding carboxylic acids is 1. The summed E-state index contributed by atoms with van der Waals surface area (Å²) in [6, 6.07) is 7.52. The van der Waals surface area contributed by atoms with Gasteiger partial charge in [-0.05, 0) is 70.4 Å². The minimum Gasteiger partial charge on any atom is -0.293 e. The maximum Gasteiger partial charge on any atom is 0.170 e. The van der Waals surface area contributed by atoms with E-state index in [2.05, 4.69) is 27.4 Å². The van der Waals surface area contributed by atoms with E-state index in [1.54, 1.807) is 17.4 Å². The third-order valence-corrected chi connectivity index (χ3v) is 5.78. The van der Waals surface area contributed by atoms with Crippen LogP contribution in [0.25, 0.3) is 0 Å². The fourth-order valence-electron chi connectivity index (χ4n) is 2.61. The summed E-state index contributed by atoms with van der Waals surface area (Å²) in [5.41, 5.74) is 1.97. The molecular weight excluding hydrogens is 344 g/mol. The van der Waals surface area contributed by atoms with E-state index in [0.717, 1.165) is 29.3 Å². The van der Waals surface area contributed by atoms with Crippen LogP contribution >= 0.6 is 38.9 Å². The molecule has 1 aromatic heterocycles. The predicted molar refractivity (Wildman–Crippen MR) is 83.5 cm³/mol. The third-order valence-electron chi connectivity index (χ3n) is 3.57. The lowest BCUT2D eigenvalue weighted by Crippen LogP contribution is -2.17. The van der Waals surface area contributed by atoms with E-state index in [-0.39, 0.29) is 11.7 Å². The maximum atomic E-state index is 12.7. The van der Waals surface area contributed by atoms with Gasteiger partial charge in [0.05, 0.1) is 5.02 Å². The molecule has 0 amide bonds. The zero-order chi connectivity index (χ0) is 13.4. The van der Waals surface area contributed by atoms with Crippen LogP contribution in [0, 0.1) is 0 Å². The fraction of sp³-hybridized carbons (Fsp3) is 0.267. The summed E-state index contributed by atoms with van der Waals surface area (Å²) >= 11 is 11.1. The van der Waals surface area contributed by atoms with Crippen LogP contribution in [0.4, 0.5) is 0 Å². The third kappa shape index (κ3) is 2.51.